The highest BCUT2D eigenvalue weighted by Gasteiger charge is 2.27. The molecule has 15 nitrogen and oxygen atoms in total. The monoisotopic (exact) mass is 818 g/mol. The number of amides is 2. The number of piperazine rings is 1. The second kappa shape index (κ2) is 17.7. The fraction of sp³-hybridized carbons (Fsp3) is 0.195. The molecule has 2 aromatic heterocycles. The van der Waals surface area contributed by atoms with Crippen LogP contribution in [0, 0.1) is 10.1 Å². The third kappa shape index (κ3) is 9.00. The molecular formula is C41H38N8O7S2. The molecule has 1 aliphatic heterocycles. The minimum atomic E-state index is -4.50. The fourth-order valence-corrected chi connectivity index (χ4v) is 8.33. The van der Waals surface area contributed by atoms with Gasteiger partial charge in [-0.25, -0.2) is 13.1 Å². The number of nitrogens with one attached hydrogen (secondary N) is 2. The van der Waals surface area contributed by atoms with Gasteiger partial charge in [0.05, 0.1) is 22.6 Å². The van der Waals surface area contributed by atoms with E-state index in [0.29, 0.717) is 62.2 Å². The van der Waals surface area contributed by atoms with Crippen LogP contribution in [-0.4, -0.2) is 90.3 Å². The Morgan fingerprint density at radius 3 is 2.36 bits per heavy atom. The molecule has 4 aromatic carbocycles. The van der Waals surface area contributed by atoms with E-state index >= 15 is 0 Å². The molecule has 0 spiro atoms. The van der Waals surface area contributed by atoms with E-state index in [4.69, 9.17) is 4.74 Å². The van der Waals surface area contributed by atoms with Gasteiger partial charge in [-0.15, -0.1) is 22.0 Å². The van der Waals surface area contributed by atoms with E-state index in [1.165, 1.54) is 18.2 Å². The molecule has 0 atom stereocenters. The van der Waals surface area contributed by atoms with E-state index < -0.39 is 31.4 Å². The topological polar surface area (TPSA) is 190 Å². The van der Waals surface area contributed by atoms with Gasteiger partial charge in [-0.1, -0.05) is 48.5 Å². The minimum absolute atomic E-state index is 0.0999. The van der Waals surface area contributed by atoms with Crippen molar-refractivity contribution in [3.63, 3.8) is 0 Å². The van der Waals surface area contributed by atoms with E-state index in [1.807, 2.05) is 89.3 Å². The van der Waals surface area contributed by atoms with Crippen LogP contribution in [-0.2, 0) is 10.0 Å². The summed E-state index contributed by atoms with van der Waals surface area (Å²) in [6.45, 7) is 4.54. The standard InChI is InChI=1S/C41H38N8O7S2/c1-2-56-29-24-28(26-42-27-29)32-13-14-35(34-11-7-6-10-33(32)34)41(51)48-21-19-47(20-22-48)39-17-16-37(44-45-39)40(50)46-58(54,55)31-12-15-36(38(25-31)49(52)53)43-18-23-57-30-8-4-3-5-9-30/h3-17,24-27,43H,2,18-23H2,1H3,(H,46,50). The summed E-state index contributed by atoms with van der Waals surface area (Å²) in [5.41, 5.74) is 1.85. The molecule has 0 saturated carbocycles. The van der Waals surface area contributed by atoms with Gasteiger partial charge in [-0.05, 0) is 71.8 Å². The van der Waals surface area contributed by atoms with Crippen LogP contribution in [0.5, 0.6) is 5.75 Å². The van der Waals surface area contributed by atoms with Crippen LogP contribution in [0.3, 0.4) is 0 Å². The highest BCUT2D eigenvalue weighted by molar-refractivity contribution is 7.99. The summed E-state index contributed by atoms with van der Waals surface area (Å²) in [6.07, 6.45) is 3.45. The summed E-state index contributed by atoms with van der Waals surface area (Å²) < 4.78 is 33.8. The molecule has 0 radical (unpaired) electrons. The maximum absolute atomic E-state index is 13.9. The van der Waals surface area contributed by atoms with Gasteiger partial charge in [-0.2, -0.15) is 0 Å². The van der Waals surface area contributed by atoms with Gasteiger partial charge in [0.1, 0.15) is 11.4 Å². The van der Waals surface area contributed by atoms with E-state index in [0.717, 1.165) is 32.9 Å². The molecule has 0 bridgehead atoms. The van der Waals surface area contributed by atoms with Crippen molar-refractivity contribution in [3.8, 4) is 16.9 Å². The average Bonchev–Trinajstić information content (AvgIpc) is 3.25. The number of ether oxygens (including phenoxy) is 1. The smallest absolute Gasteiger partial charge is 0.293 e. The van der Waals surface area contributed by atoms with Gasteiger partial charge >= 0.3 is 0 Å². The van der Waals surface area contributed by atoms with Crippen molar-refractivity contribution in [1.82, 2.24) is 24.8 Å². The van der Waals surface area contributed by atoms with E-state index in [1.54, 1.807) is 35.1 Å². The number of fused-ring (bicyclic) bond motifs is 1. The van der Waals surface area contributed by atoms with Crippen LogP contribution in [0.25, 0.3) is 21.9 Å². The maximum atomic E-state index is 13.9. The third-order valence-electron chi connectivity index (χ3n) is 9.40. The number of anilines is 2. The van der Waals surface area contributed by atoms with Gasteiger partial charge < -0.3 is 19.9 Å². The quantitative estimate of drug-likeness (QED) is 0.0541. The second-order valence-corrected chi connectivity index (χ2v) is 15.9. The van der Waals surface area contributed by atoms with Crippen molar-refractivity contribution in [2.45, 2.75) is 16.7 Å². The number of aromatic nitrogens is 3. The Morgan fingerprint density at radius 1 is 0.879 bits per heavy atom. The van der Waals surface area contributed by atoms with Crippen molar-refractivity contribution in [2.24, 2.45) is 0 Å². The summed E-state index contributed by atoms with van der Waals surface area (Å²) in [6, 6.07) is 29.4. The molecule has 0 unspecified atom stereocenters. The second-order valence-electron chi connectivity index (χ2n) is 13.1. The lowest BCUT2D eigenvalue weighted by molar-refractivity contribution is -0.384. The summed E-state index contributed by atoms with van der Waals surface area (Å²) in [5.74, 6) is 0.588. The lowest BCUT2D eigenvalue weighted by atomic mass is 9.95. The number of carbonyl (C=O) groups excluding carboxylic acids is 2. The molecule has 2 amide bonds. The molecule has 1 aliphatic rings. The van der Waals surface area contributed by atoms with Gasteiger partial charge in [0.25, 0.3) is 27.5 Å². The fourth-order valence-electron chi connectivity index (χ4n) is 6.56. The third-order valence-corrected chi connectivity index (χ3v) is 11.7. The lowest BCUT2D eigenvalue weighted by Gasteiger charge is -2.35. The van der Waals surface area contributed by atoms with Crippen molar-refractivity contribution < 1.29 is 27.7 Å². The zero-order valence-electron chi connectivity index (χ0n) is 31.3. The zero-order chi connectivity index (χ0) is 40.6. The van der Waals surface area contributed by atoms with Crippen LogP contribution in [0.15, 0.2) is 125 Å². The number of rotatable bonds is 14. The molecule has 7 rings (SSSR count). The number of sulfonamides is 1. The first kappa shape index (κ1) is 39.6. The number of nitro benzene ring substituents is 1. The summed E-state index contributed by atoms with van der Waals surface area (Å²) in [7, 11) is -4.50. The highest BCUT2D eigenvalue weighted by atomic mass is 32.2. The minimum Gasteiger partial charge on any atom is -0.492 e. The van der Waals surface area contributed by atoms with Crippen LogP contribution >= 0.6 is 11.8 Å². The Kier molecular flexibility index (Phi) is 12.1. The first-order chi connectivity index (χ1) is 28.1. The number of thioether (sulfide) groups is 1. The number of nitro groups is 1. The first-order valence-electron chi connectivity index (χ1n) is 18.4. The summed E-state index contributed by atoms with van der Waals surface area (Å²) >= 11 is 1.57. The Balaban J connectivity index is 0.957. The van der Waals surface area contributed by atoms with E-state index in [-0.39, 0.29) is 17.3 Å². The summed E-state index contributed by atoms with van der Waals surface area (Å²) in [4.78, 5) is 46.6. The van der Waals surface area contributed by atoms with Crippen molar-refractivity contribution in [1.29, 1.82) is 0 Å². The molecule has 58 heavy (non-hydrogen) atoms. The average molecular weight is 819 g/mol. The van der Waals surface area contributed by atoms with E-state index in [2.05, 4.69) is 20.5 Å². The molecule has 296 valence electrons. The SMILES string of the molecule is CCOc1cncc(-c2ccc(C(=O)N3CCN(c4ccc(C(=O)NS(=O)(=O)c5ccc(NCCSc6ccccc6)c([N+](=O)[O-])c5)nn4)CC3)c3ccccc23)c1. The Morgan fingerprint density at radius 2 is 1.64 bits per heavy atom. The molecule has 17 heteroatoms. The number of nitrogens with zero attached hydrogens (tertiary/aromatic N) is 6. The highest BCUT2D eigenvalue weighted by Crippen LogP contribution is 2.33. The largest absolute Gasteiger partial charge is 0.492 e. The Labute approximate surface area is 338 Å². The normalized spacial score (nSPS) is 12.9. The maximum Gasteiger partial charge on any atom is 0.293 e. The molecule has 2 N–H and O–H groups in total. The van der Waals surface area contributed by atoms with Crippen LogP contribution < -0.4 is 19.7 Å². The first-order valence-corrected chi connectivity index (χ1v) is 20.8. The van der Waals surface area contributed by atoms with Crippen molar-refractivity contribution >= 4 is 61.6 Å². The van der Waals surface area contributed by atoms with Crippen LogP contribution in [0.1, 0.15) is 27.8 Å². The lowest BCUT2D eigenvalue weighted by Crippen LogP contribution is -2.49. The predicted octanol–water partition coefficient (Wildman–Crippen LogP) is 6.28. The van der Waals surface area contributed by atoms with Crippen LogP contribution in [0.4, 0.5) is 17.2 Å². The number of hydrogen-bond donors (Lipinski definition) is 2. The molecule has 1 fully saturated rings. The van der Waals surface area contributed by atoms with E-state index in [9.17, 15) is 28.1 Å². The number of hydrogen-bond acceptors (Lipinski definition) is 13. The number of carbonyl (C=O) groups is 2. The summed E-state index contributed by atoms with van der Waals surface area (Å²) in [5, 5.41) is 24.7. The van der Waals surface area contributed by atoms with Gasteiger partial charge in [0, 0.05) is 66.8 Å². The Hall–Kier alpha value is -6.59. The molecule has 3 heterocycles. The van der Waals surface area contributed by atoms with Gasteiger partial charge in [0.15, 0.2) is 11.5 Å². The van der Waals surface area contributed by atoms with Crippen molar-refractivity contribution in [2.75, 3.05) is 55.3 Å². The zero-order valence-corrected chi connectivity index (χ0v) is 32.9. The van der Waals surface area contributed by atoms with Gasteiger partial charge in [0.2, 0.25) is 0 Å². The van der Waals surface area contributed by atoms with Crippen LogP contribution in [0.2, 0.25) is 0 Å². The van der Waals surface area contributed by atoms with Gasteiger partial charge in [-0.3, -0.25) is 24.7 Å². The predicted molar refractivity (Wildman–Crippen MR) is 222 cm³/mol. The number of pyridine rings is 1. The molecular weight excluding hydrogens is 781 g/mol. The number of benzene rings is 4. The molecule has 1 saturated heterocycles. The molecule has 0 aliphatic carbocycles. The molecule has 6 aromatic rings. The Bertz CT molecular complexity index is 2570. The van der Waals surface area contributed by atoms with Crippen molar-refractivity contribution in [3.05, 3.63) is 137 Å².